The monoisotopic (exact) mass is 400 g/mol. The molecule has 2 saturated carbocycles. The van der Waals surface area contributed by atoms with Gasteiger partial charge in [0.15, 0.2) is 5.41 Å². The summed E-state index contributed by atoms with van der Waals surface area (Å²) in [5.74, 6) is -0.995. The van der Waals surface area contributed by atoms with E-state index in [0.29, 0.717) is 12.8 Å². The van der Waals surface area contributed by atoms with Crippen molar-refractivity contribution in [2.75, 3.05) is 21.3 Å². The van der Waals surface area contributed by atoms with Crippen LogP contribution < -0.4 is 0 Å². The Labute approximate surface area is 173 Å². The van der Waals surface area contributed by atoms with E-state index < -0.39 is 17.4 Å². The molecule has 1 aromatic carbocycles. The lowest BCUT2D eigenvalue weighted by atomic mass is 9.83. The average molecular weight is 401 g/mol. The summed E-state index contributed by atoms with van der Waals surface area (Å²) >= 11 is 0. The van der Waals surface area contributed by atoms with Crippen LogP contribution in [0.5, 0.6) is 0 Å². The molecule has 0 radical (unpaired) electrons. The molecule has 158 valence electrons. The third-order valence-electron chi connectivity index (χ3n) is 6.59. The van der Waals surface area contributed by atoms with Gasteiger partial charge in [-0.2, -0.15) is 0 Å². The van der Waals surface area contributed by atoms with E-state index in [4.69, 9.17) is 14.2 Å². The Balaban J connectivity index is 2.01. The number of methoxy groups -OCH3 is 3. The Morgan fingerprint density at radius 1 is 0.966 bits per heavy atom. The summed E-state index contributed by atoms with van der Waals surface area (Å²) in [6.07, 6.45) is 8.71. The van der Waals surface area contributed by atoms with Gasteiger partial charge in [0.25, 0.3) is 0 Å². The molecule has 5 heteroatoms. The Hall–Kier alpha value is -2.14. The van der Waals surface area contributed by atoms with Crippen molar-refractivity contribution in [1.82, 2.24) is 0 Å². The zero-order valence-corrected chi connectivity index (χ0v) is 17.7. The molecule has 3 atom stereocenters. The van der Waals surface area contributed by atoms with Gasteiger partial charge in [-0.15, -0.1) is 0 Å². The molecule has 5 nitrogen and oxygen atoms in total. The summed E-state index contributed by atoms with van der Waals surface area (Å²) in [5, 5.41) is 0. The molecule has 0 saturated heterocycles. The number of allylic oxidation sites excluding steroid dienone is 2. The van der Waals surface area contributed by atoms with Crippen LogP contribution in [0.4, 0.5) is 0 Å². The van der Waals surface area contributed by atoms with E-state index >= 15 is 0 Å². The molecule has 0 aromatic heterocycles. The van der Waals surface area contributed by atoms with Crippen molar-refractivity contribution in [2.24, 2.45) is 17.3 Å². The molecular weight excluding hydrogens is 368 g/mol. The fourth-order valence-corrected chi connectivity index (χ4v) is 5.19. The second kappa shape index (κ2) is 9.57. The molecule has 0 unspecified atom stereocenters. The van der Waals surface area contributed by atoms with Crippen molar-refractivity contribution in [3.63, 3.8) is 0 Å². The topological polar surface area (TPSA) is 61.8 Å². The third kappa shape index (κ3) is 4.40. The normalized spacial score (nSPS) is 24.6. The van der Waals surface area contributed by atoms with Crippen molar-refractivity contribution in [3.8, 4) is 0 Å². The van der Waals surface area contributed by atoms with E-state index in [1.165, 1.54) is 39.1 Å². The highest BCUT2D eigenvalue weighted by atomic mass is 16.5. The van der Waals surface area contributed by atoms with Gasteiger partial charge >= 0.3 is 11.9 Å². The molecule has 0 N–H and O–H groups in total. The first kappa shape index (κ1) is 21.6. The quantitative estimate of drug-likeness (QED) is 0.396. The van der Waals surface area contributed by atoms with Crippen LogP contribution in [0, 0.1) is 17.3 Å². The maximum Gasteiger partial charge on any atom is 0.323 e. The fourth-order valence-electron chi connectivity index (χ4n) is 5.19. The summed E-state index contributed by atoms with van der Waals surface area (Å²) in [6, 6.07) is 10.0. The second-order valence-electron chi connectivity index (χ2n) is 8.25. The SMILES string of the molecule is COC(=O)C1(C(=O)OC)C[C@H]([C@@H](OC)c2ccccc2)[C@@H](C=C2CCCCC2)C1. The van der Waals surface area contributed by atoms with Crippen molar-refractivity contribution in [1.29, 1.82) is 0 Å². The smallest absolute Gasteiger partial charge is 0.323 e. The van der Waals surface area contributed by atoms with Gasteiger partial charge in [-0.3, -0.25) is 9.59 Å². The third-order valence-corrected chi connectivity index (χ3v) is 6.59. The maximum absolute atomic E-state index is 12.8. The first-order valence-corrected chi connectivity index (χ1v) is 10.5. The Kier molecular flexibility index (Phi) is 7.12. The molecule has 2 fully saturated rings. The number of hydrogen-bond acceptors (Lipinski definition) is 5. The molecule has 0 aliphatic heterocycles. The Morgan fingerprint density at radius 3 is 2.14 bits per heavy atom. The van der Waals surface area contributed by atoms with Crippen LogP contribution in [0.25, 0.3) is 0 Å². The number of esters is 2. The Bertz CT molecular complexity index is 715. The molecule has 0 bridgehead atoms. The molecule has 2 aliphatic rings. The van der Waals surface area contributed by atoms with Crippen molar-refractivity contribution in [2.45, 2.75) is 51.0 Å². The minimum atomic E-state index is -1.28. The van der Waals surface area contributed by atoms with Crippen LogP contribution in [-0.4, -0.2) is 33.3 Å². The summed E-state index contributed by atoms with van der Waals surface area (Å²) in [7, 11) is 4.36. The maximum atomic E-state index is 12.8. The predicted molar refractivity (Wildman–Crippen MR) is 110 cm³/mol. The number of carbonyl (C=O) groups excluding carboxylic acids is 2. The Morgan fingerprint density at radius 2 is 1.59 bits per heavy atom. The number of benzene rings is 1. The number of rotatable bonds is 6. The van der Waals surface area contributed by atoms with Crippen LogP contribution in [0.2, 0.25) is 0 Å². The van der Waals surface area contributed by atoms with E-state index in [0.717, 1.165) is 18.4 Å². The number of carbonyl (C=O) groups is 2. The van der Waals surface area contributed by atoms with Gasteiger partial charge in [0.1, 0.15) is 0 Å². The van der Waals surface area contributed by atoms with Crippen LogP contribution in [-0.2, 0) is 23.8 Å². The van der Waals surface area contributed by atoms with Gasteiger partial charge < -0.3 is 14.2 Å². The van der Waals surface area contributed by atoms with E-state index in [1.807, 2.05) is 30.3 Å². The molecule has 0 spiro atoms. The van der Waals surface area contributed by atoms with E-state index in [2.05, 4.69) is 6.08 Å². The standard InChI is InChI=1S/C24H32O5/c1-27-21(18-12-8-5-9-13-18)20-16-24(22(25)28-2,23(26)29-3)15-19(20)14-17-10-6-4-7-11-17/h5,8-9,12-14,19-21H,4,6-7,10-11,15-16H2,1-3H3/t19-,20-,21-/m0/s1. The van der Waals surface area contributed by atoms with Gasteiger partial charge in [-0.05, 0) is 55.9 Å². The summed E-state index contributed by atoms with van der Waals surface area (Å²) in [5.41, 5.74) is 1.20. The average Bonchev–Trinajstić information content (AvgIpc) is 3.14. The molecule has 2 aliphatic carbocycles. The molecule has 29 heavy (non-hydrogen) atoms. The molecule has 3 rings (SSSR count). The first-order valence-electron chi connectivity index (χ1n) is 10.5. The predicted octanol–water partition coefficient (Wildman–Crippen LogP) is 4.62. The number of hydrogen-bond donors (Lipinski definition) is 0. The lowest BCUT2D eigenvalue weighted by molar-refractivity contribution is -0.169. The van der Waals surface area contributed by atoms with Gasteiger partial charge in [0.05, 0.1) is 20.3 Å². The van der Waals surface area contributed by atoms with Gasteiger partial charge in [-0.25, -0.2) is 0 Å². The van der Waals surface area contributed by atoms with Crippen LogP contribution >= 0.6 is 0 Å². The van der Waals surface area contributed by atoms with Crippen LogP contribution in [0.3, 0.4) is 0 Å². The molecular formula is C24H32O5. The highest BCUT2D eigenvalue weighted by molar-refractivity contribution is 6.00. The highest BCUT2D eigenvalue weighted by Gasteiger charge is 2.58. The molecule has 1 aromatic rings. The van der Waals surface area contributed by atoms with Gasteiger partial charge in [-0.1, -0.05) is 48.4 Å². The summed E-state index contributed by atoms with van der Waals surface area (Å²) in [6.45, 7) is 0. The first-order chi connectivity index (χ1) is 14.1. The van der Waals surface area contributed by atoms with E-state index in [1.54, 1.807) is 7.11 Å². The lowest BCUT2D eigenvalue weighted by Gasteiger charge is -2.28. The molecule has 0 amide bonds. The minimum Gasteiger partial charge on any atom is -0.468 e. The summed E-state index contributed by atoms with van der Waals surface area (Å²) < 4.78 is 16.1. The van der Waals surface area contributed by atoms with Crippen molar-refractivity contribution in [3.05, 3.63) is 47.5 Å². The fraction of sp³-hybridized carbons (Fsp3) is 0.583. The second-order valence-corrected chi connectivity index (χ2v) is 8.25. The lowest BCUT2D eigenvalue weighted by Crippen LogP contribution is -2.39. The van der Waals surface area contributed by atoms with Crippen molar-refractivity contribution < 1.29 is 23.8 Å². The highest BCUT2D eigenvalue weighted by Crippen LogP contribution is 2.53. The van der Waals surface area contributed by atoms with Crippen LogP contribution in [0.1, 0.15) is 56.6 Å². The van der Waals surface area contributed by atoms with Gasteiger partial charge in [0, 0.05) is 7.11 Å². The van der Waals surface area contributed by atoms with Crippen LogP contribution in [0.15, 0.2) is 42.0 Å². The zero-order chi connectivity index (χ0) is 20.9. The van der Waals surface area contributed by atoms with Crippen molar-refractivity contribution >= 4 is 11.9 Å². The summed E-state index contributed by atoms with van der Waals surface area (Å²) in [4.78, 5) is 25.6. The van der Waals surface area contributed by atoms with E-state index in [-0.39, 0.29) is 17.9 Å². The van der Waals surface area contributed by atoms with E-state index in [9.17, 15) is 9.59 Å². The molecule has 0 heterocycles. The minimum absolute atomic E-state index is 0.0185. The largest absolute Gasteiger partial charge is 0.468 e. The zero-order valence-electron chi connectivity index (χ0n) is 17.7. The van der Waals surface area contributed by atoms with Gasteiger partial charge in [0.2, 0.25) is 0 Å². The number of ether oxygens (including phenoxy) is 3.